The lowest BCUT2D eigenvalue weighted by Gasteiger charge is -2.25. The largest absolute Gasteiger partial charge is 0.493 e. The number of rotatable bonds is 5. The van der Waals surface area contributed by atoms with Gasteiger partial charge in [0.15, 0.2) is 0 Å². The van der Waals surface area contributed by atoms with Gasteiger partial charge in [0.25, 0.3) is 0 Å². The van der Waals surface area contributed by atoms with Gasteiger partial charge in [-0.3, -0.25) is 0 Å². The van der Waals surface area contributed by atoms with E-state index in [-0.39, 0.29) is 4.75 Å². The smallest absolute Gasteiger partial charge is 0.127 e. The Kier molecular flexibility index (Phi) is 4.44. The van der Waals surface area contributed by atoms with Crippen molar-refractivity contribution in [2.45, 2.75) is 50.2 Å². The van der Waals surface area contributed by atoms with Gasteiger partial charge < -0.3 is 4.74 Å². The standard InChI is InChI=1S/C19H24OS/c1-2-3-14-20-18-11-10-17(19(21)12-6-7-13-19)15-8-4-5-9-16(15)18/h4-5,8-11,21H,2-3,6-7,12-14H2,1H3. The molecule has 3 rings (SSSR count). The number of hydrogen-bond donors (Lipinski definition) is 1. The van der Waals surface area contributed by atoms with Crippen LogP contribution in [0.2, 0.25) is 0 Å². The van der Waals surface area contributed by atoms with Crippen LogP contribution in [0.5, 0.6) is 5.75 Å². The van der Waals surface area contributed by atoms with Crippen molar-refractivity contribution in [1.82, 2.24) is 0 Å². The third-order valence-corrected chi connectivity index (χ3v) is 5.26. The molecule has 0 N–H and O–H groups in total. The monoisotopic (exact) mass is 300 g/mol. The molecule has 1 saturated carbocycles. The second-order valence-electron chi connectivity index (χ2n) is 6.10. The molecule has 0 unspecified atom stereocenters. The van der Waals surface area contributed by atoms with Gasteiger partial charge in [-0.15, -0.1) is 0 Å². The molecule has 0 amide bonds. The summed E-state index contributed by atoms with van der Waals surface area (Å²) in [6.45, 7) is 2.99. The first kappa shape index (κ1) is 14.8. The van der Waals surface area contributed by atoms with E-state index in [1.807, 2.05) is 0 Å². The summed E-state index contributed by atoms with van der Waals surface area (Å²) in [5, 5.41) is 2.54. The molecule has 0 atom stereocenters. The molecule has 1 aliphatic carbocycles. The van der Waals surface area contributed by atoms with Crippen LogP contribution in [-0.2, 0) is 4.75 Å². The van der Waals surface area contributed by atoms with Gasteiger partial charge in [0.1, 0.15) is 5.75 Å². The van der Waals surface area contributed by atoms with Crippen LogP contribution in [-0.4, -0.2) is 6.61 Å². The number of unbranched alkanes of at least 4 members (excludes halogenated alkanes) is 1. The first-order valence-corrected chi connectivity index (χ1v) is 8.57. The van der Waals surface area contributed by atoms with Gasteiger partial charge in [-0.05, 0) is 36.3 Å². The zero-order valence-corrected chi connectivity index (χ0v) is 13.7. The highest BCUT2D eigenvalue weighted by Crippen LogP contribution is 2.47. The van der Waals surface area contributed by atoms with Crippen molar-refractivity contribution in [3.63, 3.8) is 0 Å². The van der Waals surface area contributed by atoms with Crippen molar-refractivity contribution in [2.75, 3.05) is 6.61 Å². The Morgan fingerprint density at radius 1 is 1.05 bits per heavy atom. The van der Waals surface area contributed by atoms with Crippen molar-refractivity contribution in [1.29, 1.82) is 0 Å². The highest BCUT2D eigenvalue weighted by atomic mass is 32.1. The average Bonchev–Trinajstić information content (AvgIpc) is 2.95. The summed E-state index contributed by atoms with van der Waals surface area (Å²) in [4.78, 5) is 0. The first-order valence-electron chi connectivity index (χ1n) is 8.12. The van der Waals surface area contributed by atoms with E-state index in [0.29, 0.717) is 0 Å². The zero-order valence-electron chi connectivity index (χ0n) is 12.8. The van der Waals surface area contributed by atoms with Crippen molar-refractivity contribution < 1.29 is 4.74 Å². The minimum Gasteiger partial charge on any atom is -0.493 e. The minimum absolute atomic E-state index is 0.0432. The van der Waals surface area contributed by atoms with E-state index < -0.39 is 0 Å². The van der Waals surface area contributed by atoms with Crippen LogP contribution in [0.4, 0.5) is 0 Å². The second-order valence-corrected chi connectivity index (χ2v) is 6.95. The molecule has 1 nitrogen and oxygen atoms in total. The normalized spacial score (nSPS) is 17.2. The Balaban J connectivity index is 2.02. The number of fused-ring (bicyclic) bond motifs is 1. The highest BCUT2D eigenvalue weighted by molar-refractivity contribution is 7.81. The lowest BCUT2D eigenvalue weighted by atomic mass is 9.91. The second kappa shape index (κ2) is 6.31. The fourth-order valence-corrected chi connectivity index (χ4v) is 3.87. The molecule has 2 aromatic rings. The molecule has 0 aromatic heterocycles. The quantitative estimate of drug-likeness (QED) is 0.549. The molecule has 0 aliphatic heterocycles. The van der Waals surface area contributed by atoms with Crippen molar-refractivity contribution >= 4 is 23.4 Å². The first-order chi connectivity index (χ1) is 10.2. The number of thiol groups is 1. The van der Waals surface area contributed by atoms with Gasteiger partial charge >= 0.3 is 0 Å². The maximum Gasteiger partial charge on any atom is 0.127 e. The molecular formula is C19H24OS. The molecule has 0 saturated heterocycles. The van der Waals surface area contributed by atoms with E-state index >= 15 is 0 Å². The number of ether oxygens (including phenoxy) is 1. The van der Waals surface area contributed by atoms with Gasteiger partial charge in [0.2, 0.25) is 0 Å². The number of benzene rings is 2. The van der Waals surface area contributed by atoms with Gasteiger partial charge in [-0.25, -0.2) is 0 Å². The maximum atomic E-state index is 5.99. The summed E-state index contributed by atoms with van der Waals surface area (Å²) in [5.41, 5.74) is 1.38. The molecule has 21 heavy (non-hydrogen) atoms. The Morgan fingerprint density at radius 2 is 1.76 bits per heavy atom. The van der Waals surface area contributed by atoms with Gasteiger partial charge in [0.05, 0.1) is 6.61 Å². The topological polar surface area (TPSA) is 9.23 Å². The third-order valence-electron chi connectivity index (χ3n) is 4.57. The number of hydrogen-bond acceptors (Lipinski definition) is 2. The molecular weight excluding hydrogens is 276 g/mol. The third kappa shape index (κ3) is 2.91. The molecule has 112 valence electrons. The summed E-state index contributed by atoms with van der Waals surface area (Å²) >= 11 is 5.03. The average molecular weight is 300 g/mol. The molecule has 0 heterocycles. The molecule has 0 spiro atoms. The fourth-order valence-electron chi connectivity index (χ4n) is 3.36. The minimum atomic E-state index is 0.0432. The van der Waals surface area contributed by atoms with Crippen LogP contribution < -0.4 is 4.74 Å². The summed E-state index contributed by atoms with van der Waals surface area (Å²) in [6, 6.07) is 13.0. The van der Waals surface area contributed by atoms with Crippen LogP contribution in [0, 0.1) is 0 Å². The molecule has 1 fully saturated rings. The van der Waals surface area contributed by atoms with E-state index in [2.05, 4.69) is 43.3 Å². The van der Waals surface area contributed by atoms with Crippen LogP contribution in [0.1, 0.15) is 51.0 Å². The lowest BCUT2D eigenvalue weighted by Crippen LogP contribution is -2.14. The van der Waals surface area contributed by atoms with Gasteiger partial charge in [-0.2, -0.15) is 12.6 Å². The predicted octanol–water partition coefficient (Wildman–Crippen LogP) is 5.72. The molecule has 2 aromatic carbocycles. The van der Waals surface area contributed by atoms with Gasteiger partial charge in [0, 0.05) is 10.1 Å². The highest BCUT2D eigenvalue weighted by Gasteiger charge is 2.33. The van der Waals surface area contributed by atoms with E-state index in [1.165, 1.54) is 42.0 Å². The van der Waals surface area contributed by atoms with Crippen molar-refractivity contribution in [3.8, 4) is 5.75 Å². The predicted molar refractivity (Wildman–Crippen MR) is 93.5 cm³/mol. The molecule has 2 heteroatoms. The molecule has 0 radical (unpaired) electrons. The summed E-state index contributed by atoms with van der Waals surface area (Å²) in [5.74, 6) is 1.01. The van der Waals surface area contributed by atoms with Crippen LogP contribution in [0.25, 0.3) is 10.8 Å². The summed E-state index contributed by atoms with van der Waals surface area (Å²) in [7, 11) is 0. The van der Waals surface area contributed by atoms with Crippen molar-refractivity contribution in [2.24, 2.45) is 0 Å². The van der Waals surface area contributed by atoms with Crippen molar-refractivity contribution in [3.05, 3.63) is 42.0 Å². The van der Waals surface area contributed by atoms with Crippen LogP contribution in [0.15, 0.2) is 36.4 Å². The lowest BCUT2D eigenvalue weighted by molar-refractivity contribution is 0.313. The van der Waals surface area contributed by atoms with E-state index in [1.54, 1.807) is 0 Å². The summed E-state index contributed by atoms with van der Waals surface area (Å²) in [6.07, 6.45) is 7.19. The Labute approximate surface area is 133 Å². The maximum absolute atomic E-state index is 5.99. The Bertz CT molecular complexity index is 614. The van der Waals surface area contributed by atoms with Gasteiger partial charge in [-0.1, -0.05) is 56.5 Å². The van der Waals surface area contributed by atoms with E-state index in [0.717, 1.165) is 25.2 Å². The molecule has 1 aliphatic rings. The Morgan fingerprint density at radius 3 is 2.48 bits per heavy atom. The fraction of sp³-hybridized carbons (Fsp3) is 0.474. The van der Waals surface area contributed by atoms with Crippen LogP contribution in [0.3, 0.4) is 0 Å². The Hall–Kier alpha value is -1.15. The molecule has 0 bridgehead atoms. The van der Waals surface area contributed by atoms with E-state index in [4.69, 9.17) is 17.4 Å². The summed E-state index contributed by atoms with van der Waals surface area (Å²) < 4.78 is 6.03. The van der Waals surface area contributed by atoms with E-state index in [9.17, 15) is 0 Å². The SMILES string of the molecule is CCCCOc1ccc(C2(S)CCCC2)c2ccccc12. The van der Waals surface area contributed by atoms with Crippen LogP contribution >= 0.6 is 12.6 Å². The zero-order chi connectivity index (χ0) is 14.7.